The third kappa shape index (κ3) is 2.55. The number of aliphatic hydroxyl groups is 1. The van der Waals surface area contributed by atoms with E-state index in [-0.39, 0.29) is 0 Å². The maximum Gasteiger partial charge on any atom is 0.347 e. The van der Waals surface area contributed by atoms with Crippen LogP contribution in [0.4, 0.5) is 0 Å². The Morgan fingerprint density at radius 3 is 2.11 bits per heavy atom. The lowest BCUT2D eigenvalue weighted by Gasteiger charge is -2.26. The van der Waals surface area contributed by atoms with Crippen LogP contribution in [0.25, 0.3) is 0 Å². The van der Waals surface area contributed by atoms with E-state index >= 15 is 0 Å². The van der Waals surface area contributed by atoms with E-state index in [1.54, 1.807) is 48.5 Å². The molecule has 0 aromatic heterocycles. The molecule has 1 unspecified atom stereocenters. The Labute approximate surface area is 120 Å². The van der Waals surface area contributed by atoms with E-state index in [4.69, 9.17) is 4.74 Å². The number of halogens is 1. The van der Waals surface area contributed by atoms with Crippen LogP contribution >= 0.6 is 15.9 Å². The highest BCUT2D eigenvalue weighted by molar-refractivity contribution is 9.10. The quantitative estimate of drug-likeness (QED) is 0.884. The van der Waals surface area contributed by atoms with Gasteiger partial charge in [-0.15, -0.1) is 0 Å². The van der Waals surface area contributed by atoms with Crippen LogP contribution in [0.15, 0.2) is 59.1 Å². The second-order valence-corrected chi connectivity index (χ2v) is 4.99. The summed E-state index contributed by atoms with van der Waals surface area (Å²) in [6, 6.07) is 15.7. The molecule has 98 valence electrons. The molecule has 0 amide bonds. The maximum absolute atomic E-state index is 12.0. The summed E-state index contributed by atoms with van der Waals surface area (Å²) >= 11 is 3.32. The fourth-order valence-corrected chi connectivity index (χ4v) is 2.18. The molecule has 2 rings (SSSR count). The third-order valence-corrected chi connectivity index (χ3v) is 3.46. The Hall–Kier alpha value is -1.65. The monoisotopic (exact) mass is 320 g/mol. The lowest BCUT2D eigenvalue weighted by atomic mass is 9.86. The van der Waals surface area contributed by atoms with Crippen molar-refractivity contribution in [2.45, 2.75) is 5.60 Å². The van der Waals surface area contributed by atoms with Crippen molar-refractivity contribution >= 4 is 21.9 Å². The van der Waals surface area contributed by atoms with Gasteiger partial charge in [0.05, 0.1) is 7.11 Å². The zero-order valence-corrected chi connectivity index (χ0v) is 11.9. The van der Waals surface area contributed by atoms with Gasteiger partial charge >= 0.3 is 5.97 Å². The van der Waals surface area contributed by atoms with Crippen LogP contribution in [0.3, 0.4) is 0 Å². The van der Waals surface area contributed by atoms with Crippen LogP contribution < -0.4 is 0 Å². The Bertz CT molecular complexity index is 566. The van der Waals surface area contributed by atoms with Crippen LogP contribution in [0, 0.1) is 0 Å². The van der Waals surface area contributed by atoms with Crippen molar-refractivity contribution in [2.75, 3.05) is 7.11 Å². The summed E-state index contributed by atoms with van der Waals surface area (Å²) in [6.07, 6.45) is 0. The molecule has 0 aliphatic carbocycles. The lowest BCUT2D eigenvalue weighted by molar-refractivity contribution is -0.158. The number of esters is 1. The zero-order valence-electron chi connectivity index (χ0n) is 10.3. The molecule has 0 saturated heterocycles. The summed E-state index contributed by atoms with van der Waals surface area (Å²) < 4.78 is 5.63. The molecule has 1 N–H and O–H groups in total. The molecule has 19 heavy (non-hydrogen) atoms. The van der Waals surface area contributed by atoms with Crippen LogP contribution in [-0.4, -0.2) is 18.2 Å². The van der Waals surface area contributed by atoms with E-state index in [0.717, 1.165) is 4.47 Å². The summed E-state index contributed by atoms with van der Waals surface area (Å²) in [7, 11) is 1.26. The molecule has 0 radical (unpaired) electrons. The molecule has 0 aliphatic heterocycles. The normalized spacial score (nSPS) is 13.6. The van der Waals surface area contributed by atoms with E-state index in [0.29, 0.717) is 11.1 Å². The average Bonchev–Trinajstić information content (AvgIpc) is 2.47. The van der Waals surface area contributed by atoms with Crippen molar-refractivity contribution in [2.24, 2.45) is 0 Å². The number of hydrogen-bond acceptors (Lipinski definition) is 3. The zero-order chi connectivity index (χ0) is 13.9. The summed E-state index contributed by atoms with van der Waals surface area (Å²) in [5, 5.41) is 10.8. The molecule has 1 atom stereocenters. The summed E-state index contributed by atoms with van der Waals surface area (Å²) in [4.78, 5) is 12.0. The van der Waals surface area contributed by atoms with Gasteiger partial charge in [0.2, 0.25) is 5.60 Å². The molecule has 4 heteroatoms. The highest BCUT2D eigenvalue weighted by Gasteiger charge is 2.41. The first kappa shape index (κ1) is 13.8. The van der Waals surface area contributed by atoms with Gasteiger partial charge in [0.1, 0.15) is 0 Å². The minimum absolute atomic E-state index is 0.466. The van der Waals surface area contributed by atoms with Gasteiger partial charge < -0.3 is 9.84 Å². The second-order valence-electron chi connectivity index (χ2n) is 4.07. The predicted octanol–water partition coefficient (Wildman–Crippen LogP) is 2.86. The van der Waals surface area contributed by atoms with Crippen LogP contribution in [0.2, 0.25) is 0 Å². The molecular formula is C15H13BrO3. The minimum Gasteiger partial charge on any atom is -0.466 e. The molecule has 3 nitrogen and oxygen atoms in total. The fourth-order valence-electron chi connectivity index (χ4n) is 1.92. The maximum atomic E-state index is 12.0. The van der Waals surface area contributed by atoms with Gasteiger partial charge in [-0.05, 0) is 23.3 Å². The molecule has 2 aromatic carbocycles. The van der Waals surface area contributed by atoms with Gasteiger partial charge in [0.25, 0.3) is 0 Å². The molecular weight excluding hydrogens is 308 g/mol. The van der Waals surface area contributed by atoms with Gasteiger partial charge in [0.15, 0.2) is 0 Å². The van der Waals surface area contributed by atoms with E-state index < -0.39 is 11.6 Å². The van der Waals surface area contributed by atoms with Crippen LogP contribution in [0.1, 0.15) is 11.1 Å². The summed E-state index contributed by atoms with van der Waals surface area (Å²) in [5.41, 5.74) is -0.852. The number of methoxy groups -OCH3 is 1. The first-order chi connectivity index (χ1) is 9.09. The van der Waals surface area contributed by atoms with E-state index in [1.165, 1.54) is 7.11 Å². The van der Waals surface area contributed by atoms with E-state index in [9.17, 15) is 9.90 Å². The van der Waals surface area contributed by atoms with Crippen molar-refractivity contribution in [1.29, 1.82) is 0 Å². The van der Waals surface area contributed by atoms with Gasteiger partial charge in [-0.3, -0.25) is 0 Å². The van der Waals surface area contributed by atoms with Crippen LogP contribution in [0.5, 0.6) is 0 Å². The smallest absolute Gasteiger partial charge is 0.347 e. The number of carbonyl (C=O) groups excluding carboxylic acids is 1. The summed E-state index contributed by atoms with van der Waals surface area (Å²) in [6.45, 7) is 0. The lowest BCUT2D eigenvalue weighted by Crippen LogP contribution is -2.37. The molecule has 0 spiro atoms. The highest BCUT2D eigenvalue weighted by Crippen LogP contribution is 2.31. The van der Waals surface area contributed by atoms with Gasteiger partial charge in [-0.1, -0.05) is 58.4 Å². The minimum atomic E-state index is -1.79. The Kier molecular flexibility index (Phi) is 4.02. The second kappa shape index (κ2) is 5.55. The first-order valence-electron chi connectivity index (χ1n) is 5.71. The number of benzene rings is 2. The Balaban J connectivity index is 2.58. The predicted molar refractivity (Wildman–Crippen MR) is 75.6 cm³/mol. The molecule has 0 saturated carbocycles. The SMILES string of the molecule is COC(=O)C(O)(c1ccccc1)c1ccc(Br)cc1. The number of rotatable bonds is 3. The number of carbonyl (C=O) groups is 1. The Morgan fingerprint density at radius 1 is 1.05 bits per heavy atom. The summed E-state index contributed by atoms with van der Waals surface area (Å²) in [5.74, 6) is -0.707. The highest BCUT2D eigenvalue weighted by atomic mass is 79.9. The number of ether oxygens (including phenoxy) is 1. The molecule has 0 heterocycles. The van der Waals surface area contributed by atoms with Gasteiger partial charge in [0, 0.05) is 4.47 Å². The van der Waals surface area contributed by atoms with Crippen molar-refractivity contribution in [3.05, 3.63) is 70.2 Å². The topological polar surface area (TPSA) is 46.5 Å². The number of hydrogen-bond donors (Lipinski definition) is 1. The molecule has 0 bridgehead atoms. The van der Waals surface area contributed by atoms with E-state index in [2.05, 4.69) is 15.9 Å². The molecule has 0 fully saturated rings. The van der Waals surface area contributed by atoms with Crippen molar-refractivity contribution < 1.29 is 14.6 Å². The van der Waals surface area contributed by atoms with E-state index in [1.807, 2.05) is 6.07 Å². The third-order valence-electron chi connectivity index (χ3n) is 2.93. The van der Waals surface area contributed by atoms with Gasteiger partial charge in [-0.25, -0.2) is 4.79 Å². The average molecular weight is 321 g/mol. The van der Waals surface area contributed by atoms with Crippen molar-refractivity contribution in [3.63, 3.8) is 0 Å². The largest absolute Gasteiger partial charge is 0.466 e. The fraction of sp³-hybridized carbons (Fsp3) is 0.133. The Morgan fingerprint density at radius 2 is 1.58 bits per heavy atom. The van der Waals surface area contributed by atoms with Crippen molar-refractivity contribution in [1.82, 2.24) is 0 Å². The molecule has 2 aromatic rings. The standard InChI is InChI=1S/C15H13BrO3/c1-19-14(17)15(18,11-5-3-2-4-6-11)12-7-9-13(16)10-8-12/h2-10,18H,1H3. The van der Waals surface area contributed by atoms with Gasteiger partial charge in [-0.2, -0.15) is 0 Å². The van der Waals surface area contributed by atoms with Crippen LogP contribution in [-0.2, 0) is 15.1 Å². The first-order valence-corrected chi connectivity index (χ1v) is 6.50. The van der Waals surface area contributed by atoms with Crippen molar-refractivity contribution in [3.8, 4) is 0 Å². The molecule has 0 aliphatic rings.